The molecule has 0 heterocycles. The molecule has 0 unspecified atom stereocenters. The van der Waals surface area contributed by atoms with Gasteiger partial charge in [-0.1, -0.05) is 33.8 Å². The third-order valence-electron chi connectivity index (χ3n) is 6.27. The SMILES string of the molecule is CC1(C)CC(=O)C(C(c2ccc(Br)c([N+](=O)[O-])c2)C2C(=O)CC(C)(C)CC2=O)C(=O)C1. The van der Waals surface area contributed by atoms with Gasteiger partial charge in [0.1, 0.15) is 23.1 Å². The van der Waals surface area contributed by atoms with E-state index in [-0.39, 0.29) is 59.0 Å². The highest BCUT2D eigenvalue weighted by Crippen LogP contribution is 2.47. The number of carbonyl (C=O) groups excluding carboxylic acids is 4. The first-order valence-corrected chi connectivity index (χ1v) is 11.1. The number of nitrogens with zero attached hydrogens (tertiary/aromatic N) is 1. The van der Waals surface area contributed by atoms with Crippen LogP contribution in [0.15, 0.2) is 22.7 Å². The molecule has 0 atom stereocenters. The fourth-order valence-corrected chi connectivity index (χ4v) is 5.46. The maximum Gasteiger partial charge on any atom is 0.283 e. The maximum absolute atomic E-state index is 13.1. The fraction of sp³-hybridized carbons (Fsp3) is 0.565. The Morgan fingerprint density at radius 3 is 1.61 bits per heavy atom. The summed E-state index contributed by atoms with van der Waals surface area (Å²) in [5.41, 5.74) is -0.935. The molecule has 0 bridgehead atoms. The normalized spacial score (nSPS) is 22.3. The highest BCUT2D eigenvalue weighted by Gasteiger charge is 2.52. The summed E-state index contributed by atoms with van der Waals surface area (Å²) in [5, 5.41) is 11.5. The summed E-state index contributed by atoms with van der Waals surface area (Å²) in [4.78, 5) is 63.4. The first kappa shape index (κ1) is 23.4. The van der Waals surface area contributed by atoms with Crippen LogP contribution in [0.1, 0.15) is 64.9 Å². The molecule has 31 heavy (non-hydrogen) atoms. The second-order valence-electron chi connectivity index (χ2n) is 10.3. The molecule has 2 fully saturated rings. The van der Waals surface area contributed by atoms with E-state index in [2.05, 4.69) is 15.9 Å². The van der Waals surface area contributed by atoms with Crippen molar-refractivity contribution in [1.82, 2.24) is 0 Å². The Morgan fingerprint density at radius 1 is 0.871 bits per heavy atom. The standard InChI is InChI=1S/C23H26BrNO6/c1-22(2)8-15(26)20(16(27)9-22)19(12-5-6-13(24)14(7-12)25(30)31)21-17(28)10-23(3,4)11-18(21)29/h5-7,19-21H,8-11H2,1-4H3. The molecule has 0 aromatic heterocycles. The molecule has 0 aliphatic heterocycles. The van der Waals surface area contributed by atoms with Crippen molar-refractivity contribution >= 4 is 44.8 Å². The van der Waals surface area contributed by atoms with Gasteiger partial charge in [-0.2, -0.15) is 0 Å². The lowest BCUT2D eigenvalue weighted by Crippen LogP contribution is -2.48. The van der Waals surface area contributed by atoms with Gasteiger partial charge in [0.25, 0.3) is 5.69 Å². The van der Waals surface area contributed by atoms with Crippen LogP contribution in [0, 0.1) is 32.8 Å². The van der Waals surface area contributed by atoms with E-state index in [1.54, 1.807) is 6.07 Å². The van der Waals surface area contributed by atoms with Crippen LogP contribution in [0.4, 0.5) is 5.69 Å². The summed E-state index contributed by atoms with van der Waals surface area (Å²) in [6.45, 7) is 7.33. The van der Waals surface area contributed by atoms with Gasteiger partial charge in [0.05, 0.1) is 21.2 Å². The molecule has 0 N–H and O–H groups in total. The van der Waals surface area contributed by atoms with Crippen molar-refractivity contribution in [3.8, 4) is 0 Å². The van der Waals surface area contributed by atoms with E-state index in [9.17, 15) is 29.3 Å². The van der Waals surface area contributed by atoms with Crippen molar-refractivity contribution in [3.63, 3.8) is 0 Å². The largest absolute Gasteiger partial charge is 0.299 e. The van der Waals surface area contributed by atoms with E-state index in [4.69, 9.17) is 0 Å². The third-order valence-corrected chi connectivity index (χ3v) is 6.94. The van der Waals surface area contributed by atoms with Gasteiger partial charge < -0.3 is 0 Å². The molecule has 1 aromatic carbocycles. The molecule has 3 rings (SSSR count). The molecule has 0 spiro atoms. The summed E-state index contributed by atoms with van der Waals surface area (Å²) in [6.07, 6.45) is 0.608. The quantitative estimate of drug-likeness (QED) is 0.345. The Balaban J connectivity index is 2.16. The first-order valence-electron chi connectivity index (χ1n) is 10.3. The van der Waals surface area contributed by atoms with Gasteiger partial charge in [-0.05, 0) is 38.4 Å². The zero-order valence-corrected chi connectivity index (χ0v) is 19.7. The average molecular weight is 492 g/mol. The van der Waals surface area contributed by atoms with Crippen molar-refractivity contribution in [2.75, 3.05) is 0 Å². The molecule has 2 aliphatic rings. The Morgan fingerprint density at radius 2 is 1.26 bits per heavy atom. The molecule has 166 valence electrons. The number of nitro groups is 1. The number of carbonyl (C=O) groups is 4. The Labute approximate surface area is 189 Å². The minimum atomic E-state index is -1.16. The van der Waals surface area contributed by atoms with Crippen LogP contribution in [-0.4, -0.2) is 28.1 Å². The number of Topliss-reactive ketones (excluding diaryl/α,β-unsaturated/α-hetero) is 4. The van der Waals surface area contributed by atoms with Crippen LogP contribution in [0.5, 0.6) is 0 Å². The maximum atomic E-state index is 13.1. The minimum Gasteiger partial charge on any atom is -0.299 e. The lowest BCUT2D eigenvalue weighted by atomic mass is 9.59. The smallest absolute Gasteiger partial charge is 0.283 e. The van der Waals surface area contributed by atoms with Gasteiger partial charge >= 0.3 is 0 Å². The van der Waals surface area contributed by atoms with Crippen LogP contribution in [-0.2, 0) is 19.2 Å². The van der Waals surface area contributed by atoms with E-state index >= 15 is 0 Å². The summed E-state index contributed by atoms with van der Waals surface area (Å²) >= 11 is 3.14. The topological polar surface area (TPSA) is 111 Å². The van der Waals surface area contributed by atoms with E-state index in [0.29, 0.717) is 5.56 Å². The summed E-state index contributed by atoms with van der Waals surface area (Å²) in [5.74, 6) is -4.62. The molecule has 8 heteroatoms. The van der Waals surface area contributed by atoms with Crippen molar-refractivity contribution in [3.05, 3.63) is 38.3 Å². The van der Waals surface area contributed by atoms with Crippen molar-refractivity contribution in [2.24, 2.45) is 22.7 Å². The summed E-state index contributed by atoms with van der Waals surface area (Å²) in [7, 11) is 0. The zero-order chi connectivity index (χ0) is 23.3. The van der Waals surface area contributed by atoms with Crippen molar-refractivity contribution < 1.29 is 24.1 Å². The number of hydrogen-bond acceptors (Lipinski definition) is 6. The summed E-state index contributed by atoms with van der Waals surface area (Å²) in [6, 6.07) is 4.29. The third kappa shape index (κ3) is 4.68. The number of benzene rings is 1. The number of nitro benzene ring substituents is 1. The minimum absolute atomic E-state index is 0.152. The Kier molecular flexibility index (Phi) is 6.08. The number of rotatable bonds is 4. The number of ketones is 4. The van der Waals surface area contributed by atoms with E-state index in [1.165, 1.54) is 12.1 Å². The summed E-state index contributed by atoms with van der Waals surface area (Å²) < 4.78 is 0.241. The Hall–Kier alpha value is -2.22. The highest BCUT2D eigenvalue weighted by molar-refractivity contribution is 9.10. The molecule has 0 amide bonds. The van der Waals surface area contributed by atoms with Crippen molar-refractivity contribution in [1.29, 1.82) is 0 Å². The van der Waals surface area contributed by atoms with Crippen LogP contribution in [0.3, 0.4) is 0 Å². The van der Waals surface area contributed by atoms with Gasteiger partial charge in [-0.15, -0.1) is 0 Å². The van der Waals surface area contributed by atoms with Gasteiger partial charge in [-0.3, -0.25) is 29.3 Å². The number of halogens is 1. The van der Waals surface area contributed by atoms with E-state index in [0.717, 1.165) is 0 Å². The van der Waals surface area contributed by atoms with Gasteiger partial charge in [0, 0.05) is 37.7 Å². The highest BCUT2D eigenvalue weighted by atomic mass is 79.9. The van der Waals surface area contributed by atoms with Gasteiger partial charge in [0.2, 0.25) is 0 Å². The zero-order valence-electron chi connectivity index (χ0n) is 18.1. The van der Waals surface area contributed by atoms with Gasteiger partial charge in [-0.25, -0.2) is 0 Å². The molecule has 2 aliphatic carbocycles. The molecule has 7 nitrogen and oxygen atoms in total. The van der Waals surface area contributed by atoms with E-state index < -0.39 is 33.5 Å². The van der Waals surface area contributed by atoms with Gasteiger partial charge in [0.15, 0.2) is 0 Å². The van der Waals surface area contributed by atoms with Crippen LogP contribution >= 0.6 is 15.9 Å². The lowest BCUT2D eigenvalue weighted by Gasteiger charge is -2.41. The second kappa shape index (κ2) is 8.04. The molecule has 1 aromatic rings. The van der Waals surface area contributed by atoms with Crippen LogP contribution < -0.4 is 0 Å². The van der Waals surface area contributed by atoms with E-state index in [1.807, 2.05) is 27.7 Å². The Bertz CT molecular complexity index is 908. The first-order chi connectivity index (χ1) is 14.2. The number of hydrogen-bond donors (Lipinski definition) is 0. The van der Waals surface area contributed by atoms with Crippen molar-refractivity contribution in [2.45, 2.75) is 59.3 Å². The molecular weight excluding hydrogens is 466 g/mol. The molecule has 0 saturated heterocycles. The monoisotopic (exact) mass is 491 g/mol. The molecule has 2 saturated carbocycles. The predicted molar refractivity (Wildman–Crippen MR) is 117 cm³/mol. The molecular formula is C23H26BrNO6. The molecule has 0 radical (unpaired) electrons. The second-order valence-corrected chi connectivity index (χ2v) is 11.2. The predicted octanol–water partition coefficient (Wildman–Crippen LogP) is 4.59. The lowest BCUT2D eigenvalue weighted by molar-refractivity contribution is -0.385. The van der Waals surface area contributed by atoms with Crippen LogP contribution in [0.25, 0.3) is 0 Å². The average Bonchev–Trinajstić information content (AvgIpc) is 2.57. The fourth-order valence-electron chi connectivity index (χ4n) is 5.07. The van der Waals surface area contributed by atoms with Crippen LogP contribution in [0.2, 0.25) is 0 Å².